The average molecular weight is 382 g/mol. The van der Waals surface area contributed by atoms with Crippen molar-refractivity contribution >= 4 is 35.1 Å². The van der Waals surface area contributed by atoms with E-state index in [0.717, 1.165) is 12.8 Å². The van der Waals surface area contributed by atoms with Crippen LogP contribution in [0, 0.1) is 0 Å². The lowest BCUT2D eigenvalue weighted by molar-refractivity contribution is -0.151. The highest BCUT2D eigenvalue weighted by atomic mass is 35.5. The molecule has 1 unspecified atom stereocenters. The minimum atomic E-state index is -0.849. The van der Waals surface area contributed by atoms with Gasteiger partial charge in [-0.3, -0.25) is 14.4 Å². The Morgan fingerprint density at radius 3 is 2.88 bits per heavy atom. The Morgan fingerprint density at radius 2 is 2.15 bits per heavy atom. The Hall–Kier alpha value is -2.28. The van der Waals surface area contributed by atoms with Crippen molar-refractivity contribution in [2.24, 2.45) is 0 Å². The minimum Gasteiger partial charge on any atom is -0.466 e. The number of piperazine rings is 1. The number of para-hydroxylation sites is 1. The maximum atomic E-state index is 12.6. The molecule has 2 N–H and O–H groups in total. The first kappa shape index (κ1) is 20.0. The zero-order chi connectivity index (χ0) is 18.9. The van der Waals surface area contributed by atoms with Crippen molar-refractivity contribution in [2.45, 2.75) is 32.2 Å². The van der Waals surface area contributed by atoms with E-state index in [2.05, 4.69) is 10.6 Å². The van der Waals surface area contributed by atoms with E-state index in [1.54, 1.807) is 18.2 Å². The molecule has 1 aliphatic rings. The SMILES string of the molecule is CCCCOC(=O)CC1C(=O)NCCN1C(=O)CNc1ccccc1Cl. The van der Waals surface area contributed by atoms with Crippen molar-refractivity contribution in [3.63, 3.8) is 0 Å². The molecular formula is C18H24ClN3O4. The quantitative estimate of drug-likeness (QED) is 0.529. The van der Waals surface area contributed by atoms with Crippen molar-refractivity contribution in [1.82, 2.24) is 10.2 Å². The van der Waals surface area contributed by atoms with Crippen LogP contribution in [0.2, 0.25) is 5.02 Å². The van der Waals surface area contributed by atoms with Crippen LogP contribution in [0.25, 0.3) is 0 Å². The lowest BCUT2D eigenvalue weighted by Crippen LogP contribution is -2.58. The predicted molar refractivity (Wildman–Crippen MR) is 98.9 cm³/mol. The number of benzene rings is 1. The number of halogens is 1. The Bertz CT molecular complexity index is 653. The third kappa shape index (κ3) is 5.62. The van der Waals surface area contributed by atoms with Crippen molar-refractivity contribution in [1.29, 1.82) is 0 Å². The van der Waals surface area contributed by atoms with Crippen LogP contribution in [0.4, 0.5) is 5.69 Å². The highest BCUT2D eigenvalue weighted by Gasteiger charge is 2.34. The summed E-state index contributed by atoms with van der Waals surface area (Å²) in [6.45, 7) is 3.01. The molecule has 26 heavy (non-hydrogen) atoms. The second kappa shape index (κ2) is 10.0. The van der Waals surface area contributed by atoms with Gasteiger partial charge in [-0.1, -0.05) is 37.1 Å². The molecule has 0 bridgehead atoms. The number of amides is 2. The molecule has 0 spiro atoms. The summed E-state index contributed by atoms with van der Waals surface area (Å²) in [7, 11) is 0. The lowest BCUT2D eigenvalue weighted by Gasteiger charge is -2.34. The Morgan fingerprint density at radius 1 is 1.38 bits per heavy atom. The Labute approximate surface area is 158 Å². The fourth-order valence-electron chi connectivity index (χ4n) is 2.64. The summed E-state index contributed by atoms with van der Waals surface area (Å²) in [5.41, 5.74) is 0.638. The smallest absolute Gasteiger partial charge is 0.308 e. The Balaban J connectivity index is 1.95. The molecule has 0 radical (unpaired) electrons. The van der Waals surface area contributed by atoms with Crippen LogP contribution < -0.4 is 10.6 Å². The number of ether oxygens (including phenoxy) is 1. The van der Waals surface area contributed by atoms with Crippen LogP contribution in [0.15, 0.2) is 24.3 Å². The number of rotatable bonds is 8. The van der Waals surface area contributed by atoms with Gasteiger partial charge >= 0.3 is 5.97 Å². The number of hydrogen-bond donors (Lipinski definition) is 2. The predicted octanol–water partition coefficient (Wildman–Crippen LogP) is 1.81. The van der Waals surface area contributed by atoms with Crippen LogP contribution in [0.1, 0.15) is 26.2 Å². The molecule has 2 amide bonds. The van der Waals surface area contributed by atoms with E-state index in [4.69, 9.17) is 16.3 Å². The number of carbonyl (C=O) groups excluding carboxylic acids is 3. The molecule has 0 aromatic heterocycles. The third-order valence-corrected chi connectivity index (χ3v) is 4.41. The van der Waals surface area contributed by atoms with E-state index in [1.807, 2.05) is 13.0 Å². The first-order valence-corrected chi connectivity index (χ1v) is 9.12. The van der Waals surface area contributed by atoms with E-state index in [-0.39, 0.29) is 24.8 Å². The third-order valence-electron chi connectivity index (χ3n) is 4.08. The van der Waals surface area contributed by atoms with Gasteiger partial charge in [-0.05, 0) is 18.6 Å². The highest BCUT2D eigenvalue weighted by molar-refractivity contribution is 6.33. The van der Waals surface area contributed by atoms with Crippen LogP contribution in [0.3, 0.4) is 0 Å². The number of hydrogen-bond acceptors (Lipinski definition) is 5. The standard InChI is InChI=1S/C18H24ClN3O4/c1-2-3-10-26-17(24)11-15-18(25)20-8-9-22(15)16(23)12-21-14-7-5-4-6-13(14)19/h4-7,15,21H,2-3,8-12H2,1H3,(H,20,25). The summed E-state index contributed by atoms with van der Waals surface area (Å²) in [5, 5.41) is 6.17. The van der Waals surface area contributed by atoms with Gasteiger partial charge in [-0.15, -0.1) is 0 Å². The molecule has 1 aromatic rings. The zero-order valence-corrected chi connectivity index (χ0v) is 15.6. The number of unbranched alkanes of at least 4 members (excludes halogenated alkanes) is 1. The fourth-order valence-corrected chi connectivity index (χ4v) is 2.84. The highest BCUT2D eigenvalue weighted by Crippen LogP contribution is 2.20. The van der Waals surface area contributed by atoms with E-state index < -0.39 is 12.0 Å². The maximum absolute atomic E-state index is 12.6. The second-order valence-corrected chi connectivity index (χ2v) is 6.41. The molecule has 142 valence electrons. The largest absolute Gasteiger partial charge is 0.466 e. The summed E-state index contributed by atoms with van der Waals surface area (Å²) >= 11 is 6.06. The van der Waals surface area contributed by atoms with E-state index in [1.165, 1.54) is 4.90 Å². The number of nitrogens with zero attached hydrogens (tertiary/aromatic N) is 1. The van der Waals surface area contributed by atoms with Gasteiger partial charge in [0.15, 0.2) is 0 Å². The van der Waals surface area contributed by atoms with Crippen LogP contribution in [-0.4, -0.2) is 55.0 Å². The number of carbonyl (C=O) groups is 3. The molecule has 0 aliphatic carbocycles. The molecule has 1 aromatic carbocycles. The summed E-state index contributed by atoms with van der Waals surface area (Å²) in [4.78, 5) is 38.1. The number of nitrogens with one attached hydrogen (secondary N) is 2. The van der Waals surface area contributed by atoms with Crippen LogP contribution in [-0.2, 0) is 19.1 Å². The van der Waals surface area contributed by atoms with Gasteiger partial charge in [0.05, 0.1) is 30.3 Å². The van der Waals surface area contributed by atoms with Crippen molar-refractivity contribution < 1.29 is 19.1 Å². The molecule has 1 heterocycles. The summed E-state index contributed by atoms with van der Waals surface area (Å²) in [6, 6.07) is 6.24. The molecular weight excluding hydrogens is 358 g/mol. The van der Waals surface area contributed by atoms with Gasteiger partial charge in [0.2, 0.25) is 11.8 Å². The van der Waals surface area contributed by atoms with E-state index in [0.29, 0.717) is 30.4 Å². The fraction of sp³-hybridized carbons (Fsp3) is 0.500. The van der Waals surface area contributed by atoms with Gasteiger partial charge in [0.1, 0.15) is 6.04 Å². The average Bonchev–Trinajstić information content (AvgIpc) is 2.62. The first-order valence-electron chi connectivity index (χ1n) is 8.74. The van der Waals surface area contributed by atoms with Gasteiger partial charge in [-0.25, -0.2) is 0 Å². The van der Waals surface area contributed by atoms with Crippen LogP contribution in [0.5, 0.6) is 0 Å². The van der Waals surface area contributed by atoms with Gasteiger partial charge in [0, 0.05) is 13.1 Å². The summed E-state index contributed by atoms with van der Waals surface area (Å²) in [5.74, 6) is -1.08. The lowest BCUT2D eigenvalue weighted by atomic mass is 10.1. The maximum Gasteiger partial charge on any atom is 0.308 e. The number of anilines is 1. The van der Waals surface area contributed by atoms with E-state index in [9.17, 15) is 14.4 Å². The normalized spacial score (nSPS) is 16.8. The van der Waals surface area contributed by atoms with Gasteiger partial charge in [0.25, 0.3) is 0 Å². The van der Waals surface area contributed by atoms with Crippen molar-refractivity contribution in [3.8, 4) is 0 Å². The van der Waals surface area contributed by atoms with Crippen molar-refractivity contribution in [2.75, 3.05) is 31.6 Å². The second-order valence-electron chi connectivity index (χ2n) is 6.01. The molecule has 1 fully saturated rings. The number of esters is 1. The van der Waals surface area contributed by atoms with Gasteiger partial charge < -0.3 is 20.3 Å². The molecule has 0 saturated carbocycles. The molecule has 1 atom stereocenters. The molecule has 1 saturated heterocycles. The molecule has 8 heteroatoms. The molecule has 1 aliphatic heterocycles. The summed E-state index contributed by atoms with van der Waals surface area (Å²) < 4.78 is 5.12. The molecule has 2 rings (SSSR count). The summed E-state index contributed by atoms with van der Waals surface area (Å²) in [6.07, 6.45) is 1.54. The zero-order valence-electron chi connectivity index (χ0n) is 14.8. The minimum absolute atomic E-state index is 0.0155. The molecule has 7 nitrogen and oxygen atoms in total. The van der Waals surface area contributed by atoms with Crippen LogP contribution >= 0.6 is 11.6 Å². The topological polar surface area (TPSA) is 87.7 Å². The first-order chi connectivity index (χ1) is 12.5. The van der Waals surface area contributed by atoms with Crippen molar-refractivity contribution in [3.05, 3.63) is 29.3 Å². The Kier molecular flexibility index (Phi) is 7.72. The van der Waals surface area contributed by atoms with E-state index >= 15 is 0 Å². The van der Waals surface area contributed by atoms with Gasteiger partial charge in [-0.2, -0.15) is 0 Å². The monoisotopic (exact) mass is 381 g/mol.